The van der Waals surface area contributed by atoms with Crippen LogP contribution in [0.5, 0.6) is 0 Å². The molecule has 5 nitrogen and oxygen atoms in total. The van der Waals surface area contributed by atoms with Crippen molar-refractivity contribution in [2.24, 2.45) is 0 Å². The first-order valence-electron chi connectivity index (χ1n) is 8.87. The van der Waals surface area contributed by atoms with E-state index in [0.29, 0.717) is 17.0 Å². The van der Waals surface area contributed by atoms with Crippen molar-refractivity contribution in [3.63, 3.8) is 0 Å². The lowest BCUT2D eigenvalue weighted by atomic mass is 10.1. The van der Waals surface area contributed by atoms with E-state index in [2.05, 4.69) is 5.32 Å². The molecule has 3 rings (SSSR count). The molecule has 142 valence electrons. The average Bonchev–Trinajstić information content (AvgIpc) is 3.18. The number of hydrogen-bond donors (Lipinski definition) is 1. The number of aryl methyl sites for hydroxylation is 2. The molecule has 0 radical (unpaired) electrons. The highest BCUT2D eigenvalue weighted by molar-refractivity contribution is 5.97. The molecule has 1 atom stereocenters. The van der Waals surface area contributed by atoms with E-state index >= 15 is 0 Å². The van der Waals surface area contributed by atoms with Gasteiger partial charge in [0.2, 0.25) is 6.10 Å². The Bertz CT molecular complexity index is 955. The van der Waals surface area contributed by atoms with Crippen LogP contribution in [0.1, 0.15) is 28.6 Å². The van der Waals surface area contributed by atoms with Crippen molar-refractivity contribution in [1.82, 2.24) is 0 Å². The van der Waals surface area contributed by atoms with Crippen LogP contribution in [0.2, 0.25) is 0 Å². The van der Waals surface area contributed by atoms with Crippen molar-refractivity contribution < 1.29 is 18.7 Å². The fraction of sp³-hybridized carbons (Fsp3) is 0.130. The molecule has 0 aliphatic rings. The Morgan fingerprint density at radius 3 is 2.36 bits per heavy atom. The van der Waals surface area contributed by atoms with Crippen molar-refractivity contribution in [2.45, 2.75) is 20.0 Å². The number of furan rings is 1. The first-order chi connectivity index (χ1) is 13.5. The van der Waals surface area contributed by atoms with E-state index in [1.54, 1.807) is 36.4 Å². The van der Waals surface area contributed by atoms with Gasteiger partial charge in [-0.3, -0.25) is 4.79 Å². The third-order valence-corrected chi connectivity index (χ3v) is 3.99. The quantitative estimate of drug-likeness (QED) is 0.495. The molecular weight excluding hydrogens is 354 g/mol. The minimum absolute atomic E-state index is 0.420. The zero-order valence-electron chi connectivity index (χ0n) is 15.7. The molecule has 0 saturated carbocycles. The number of hydrogen-bond acceptors (Lipinski definition) is 4. The number of nitrogens with one attached hydrogen (secondary N) is 1. The lowest BCUT2D eigenvalue weighted by molar-refractivity contribution is -0.149. The zero-order chi connectivity index (χ0) is 19.9. The number of amides is 1. The minimum Gasteiger partial charge on any atom is -0.465 e. The van der Waals surface area contributed by atoms with E-state index in [0.717, 1.165) is 11.1 Å². The molecule has 0 saturated heterocycles. The van der Waals surface area contributed by atoms with Gasteiger partial charge in [0.05, 0.1) is 6.26 Å². The lowest BCUT2D eigenvalue weighted by Gasteiger charge is -2.17. The zero-order valence-corrected chi connectivity index (χ0v) is 15.7. The first kappa shape index (κ1) is 19.2. The molecule has 0 fully saturated rings. The van der Waals surface area contributed by atoms with Gasteiger partial charge in [0, 0.05) is 17.3 Å². The summed E-state index contributed by atoms with van der Waals surface area (Å²) in [6.45, 7) is 3.91. The molecule has 0 unspecified atom stereocenters. The Kier molecular flexibility index (Phi) is 6.07. The largest absolute Gasteiger partial charge is 0.465 e. The number of carbonyl (C=O) groups is 2. The van der Waals surface area contributed by atoms with Crippen molar-refractivity contribution in [2.75, 3.05) is 5.32 Å². The third-order valence-electron chi connectivity index (χ3n) is 3.99. The van der Waals surface area contributed by atoms with Crippen molar-refractivity contribution in [3.8, 4) is 0 Å². The van der Waals surface area contributed by atoms with Crippen LogP contribution in [-0.4, -0.2) is 11.9 Å². The number of esters is 1. The summed E-state index contributed by atoms with van der Waals surface area (Å²) < 4.78 is 10.6. The maximum absolute atomic E-state index is 12.9. The van der Waals surface area contributed by atoms with Crippen LogP contribution in [0.25, 0.3) is 6.08 Å². The van der Waals surface area contributed by atoms with Crippen molar-refractivity contribution in [3.05, 3.63) is 95.5 Å². The minimum atomic E-state index is -1.07. The second-order valence-corrected chi connectivity index (χ2v) is 6.44. The second-order valence-electron chi connectivity index (χ2n) is 6.44. The van der Waals surface area contributed by atoms with Gasteiger partial charge in [-0.2, -0.15) is 0 Å². The second kappa shape index (κ2) is 8.86. The predicted molar refractivity (Wildman–Crippen MR) is 108 cm³/mol. The number of carbonyl (C=O) groups excluding carboxylic acids is 2. The predicted octanol–water partition coefficient (Wildman–Crippen LogP) is 4.83. The summed E-state index contributed by atoms with van der Waals surface area (Å²) in [5, 5.41) is 2.84. The Morgan fingerprint density at radius 2 is 1.71 bits per heavy atom. The van der Waals surface area contributed by atoms with E-state index in [1.165, 1.54) is 18.4 Å². The molecule has 5 heteroatoms. The van der Waals surface area contributed by atoms with Crippen LogP contribution < -0.4 is 5.32 Å². The molecule has 0 aliphatic heterocycles. The monoisotopic (exact) mass is 375 g/mol. The van der Waals surface area contributed by atoms with Crippen LogP contribution in [-0.2, 0) is 14.3 Å². The molecule has 2 aromatic carbocycles. The van der Waals surface area contributed by atoms with Gasteiger partial charge in [-0.15, -0.1) is 0 Å². The highest BCUT2D eigenvalue weighted by atomic mass is 16.5. The Morgan fingerprint density at radius 1 is 1.00 bits per heavy atom. The first-order valence-corrected chi connectivity index (χ1v) is 8.87. The standard InChI is InChI=1S/C23H21NO4/c1-16-13-17(2)15-19(14-16)24-23(26)22(18-7-4-3-5-8-18)28-21(25)11-10-20-9-6-12-27-20/h3-15,22H,1-2H3,(H,24,26)/b11-10+/t22-/m1/s1. The molecule has 1 N–H and O–H groups in total. The SMILES string of the molecule is Cc1cc(C)cc(NC(=O)[C@H](OC(=O)/C=C/c2ccco2)c2ccccc2)c1. The fourth-order valence-corrected chi connectivity index (χ4v) is 2.85. The molecule has 0 spiro atoms. The Hall–Kier alpha value is -3.60. The highest BCUT2D eigenvalue weighted by Crippen LogP contribution is 2.22. The molecule has 0 bridgehead atoms. The topological polar surface area (TPSA) is 68.5 Å². The summed E-state index contributed by atoms with van der Waals surface area (Å²) in [4.78, 5) is 25.1. The molecule has 1 amide bonds. The Labute approximate surface area is 163 Å². The van der Waals surface area contributed by atoms with Gasteiger partial charge >= 0.3 is 5.97 Å². The summed E-state index contributed by atoms with van der Waals surface area (Å²) in [7, 11) is 0. The maximum atomic E-state index is 12.9. The van der Waals surface area contributed by atoms with E-state index in [9.17, 15) is 9.59 Å². The van der Waals surface area contributed by atoms with Gasteiger partial charge in [-0.05, 0) is 55.3 Å². The van der Waals surface area contributed by atoms with Crippen molar-refractivity contribution >= 4 is 23.6 Å². The van der Waals surface area contributed by atoms with Crippen LogP contribution in [0.4, 0.5) is 5.69 Å². The van der Waals surface area contributed by atoms with E-state index in [1.807, 2.05) is 38.1 Å². The number of rotatable bonds is 6. The number of benzene rings is 2. The summed E-state index contributed by atoms with van der Waals surface area (Å²) in [6, 6.07) is 18.1. The van der Waals surface area contributed by atoms with Gasteiger partial charge in [0.15, 0.2) is 0 Å². The van der Waals surface area contributed by atoms with Crippen LogP contribution in [0, 0.1) is 13.8 Å². The summed E-state index contributed by atoms with van der Waals surface area (Å²) in [5.41, 5.74) is 3.31. The third kappa shape index (κ3) is 5.20. The molecule has 1 aromatic heterocycles. The fourth-order valence-electron chi connectivity index (χ4n) is 2.85. The Balaban J connectivity index is 1.78. The maximum Gasteiger partial charge on any atom is 0.332 e. The van der Waals surface area contributed by atoms with Crippen LogP contribution in [0.3, 0.4) is 0 Å². The van der Waals surface area contributed by atoms with E-state index < -0.39 is 18.0 Å². The molecule has 1 heterocycles. The van der Waals surface area contributed by atoms with Crippen molar-refractivity contribution in [1.29, 1.82) is 0 Å². The molecule has 0 aliphatic carbocycles. The molecule has 3 aromatic rings. The van der Waals surface area contributed by atoms with Gasteiger partial charge in [-0.1, -0.05) is 36.4 Å². The van der Waals surface area contributed by atoms with E-state index in [-0.39, 0.29) is 0 Å². The summed E-state index contributed by atoms with van der Waals surface area (Å²) in [5.74, 6) is -0.537. The summed E-state index contributed by atoms with van der Waals surface area (Å²) >= 11 is 0. The van der Waals surface area contributed by atoms with Gasteiger partial charge < -0.3 is 14.5 Å². The average molecular weight is 375 g/mol. The van der Waals surface area contributed by atoms with E-state index in [4.69, 9.17) is 9.15 Å². The number of anilines is 1. The lowest BCUT2D eigenvalue weighted by Crippen LogP contribution is -2.25. The van der Waals surface area contributed by atoms with Gasteiger partial charge in [-0.25, -0.2) is 4.79 Å². The highest BCUT2D eigenvalue weighted by Gasteiger charge is 2.24. The molecule has 28 heavy (non-hydrogen) atoms. The normalized spacial score (nSPS) is 11.9. The smallest absolute Gasteiger partial charge is 0.332 e. The van der Waals surface area contributed by atoms with Crippen LogP contribution in [0.15, 0.2) is 77.4 Å². The van der Waals surface area contributed by atoms with Gasteiger partial charge in [0.25, 0.3) is 5.91 Å². The van der Waals surface area contributed by atoms with Gasteiger partial charge in [0.1, 0.15) is 5.76 Å². The van der Waals surface area contributed by atoms with Crippen LogP contribution >= 0.6 is 0 Å². The number of ether oxygens (including phenoxy) is 1. The summed E-state index contributed by atoms with van der Waals surface area (Å²) in [6.07, 6.45) is 3.16. The molecular formula is C23H21NO4.